The van der Waals surface area contributed by atoms with Crippen molar-refractivity contribution in [3.63, 3.8) is 0 Å². The van der Waals surface area contributed by atoms with Gasteiger partial charge in [0.15, 0.2) is 0 Å². The van der Waals surface area contributed by atoms with Gasteiger partial charge in [0.25, 0.3) is 5.91 Å². The van der Waals surface area contributed by atoms with Crippen LogP contribution in [0.1, 0.15) is 11.5 Å². The summed E-state index contributed by atoms with van der Waals surface area (Å²) < 4.78 is 0. The molecule has 0 spiro atoms. The fourth-order valence-electron chi connectivity index (χ4n) is 1.84. The second-order valence-corrected chi connectivity index (χ2v) is 4.01. The fraction of sp³-hybridized carbons (Fsp3) is 0.286. The van der Waals surface area contributed by atoms with E-state index in [1.54, 1.807) is 24.3 Å². The van der Waals surface area contributed by atoms with E-state index in [2.05, 4.69) is 6.58 Å². The van der Waals surface area contributed by atoms with Gasteiger partial charge in [-0.2, -0.15) is 0 Å². The lowest BCUT2D eigenvalue weighted by molar-refractivity contribution is -0.178. The van der Waals surface area contributed by atoms with Gasteiger partial charge in [-0.1, -0.05) is 36.4 Å². The van der Waals surface area contributed by atoms with Crippen LogP contribution in [0.2, 0.25) is 0 Å². The summed E-state index contributed by atoms with van der Waals surface area (Å²) in [6.07, 6.45) is 1.47. The highest BCUT2D eigenvalue weighted by molar-refractivity contribution is 5.97. The highest BCUT2D eigenvalue weighted by Crippen LogP contribution is 2.27. The lowest BCUT2D eigenvalue weighted by Crippen LogP contribution is -2.39. The first-order valence-corrected chi connectivity index (χ1v) is 5.75. The number of carboxylic acids is 1. The molecule has 0 aliphatic heterocycles. The molecule has 0 heterocycles. The number of rotatable bonds is 6. The number of carbonyl (C=O) groups excluding carboxylic acids is 1. The maximum atomic E-state index is 12.1. The van der Waals surface area contributed by atoms with Crippen LogP contribution in [0.15, 0.2) is 43.0 Å². The minimum atomic E-state index is -1.26. The normalized spacial score (nSPS) is 13.4. The first-order valence-electron chi connectivity index (χ1n) is 5.75. The first-order chi connectivity index (χ1) is 9.02. The van der Waals surface area contributed by atoms with Crippen LogP contribution in [0.25, 0.3) is 0 Å². The van der Waals surface area contributed by atoms with Gasteiger partial charge in [0.05, 0.1) is 7.11 Å². The zero-order valence-electron chi connectivity index (χ0n) is 10.9. The summed E-state index contributed by atoms with van der Waals surface area (Å²) in [6, 6.07) is 8.93. The molecular formula is C14H17NO4. The van der Waals surface area contributed by atoms with Crippen molar-refractivity contribution in [2.75, 3.05) is 14.2 Å². The van der Waals surface area contributed by atoms with Crippen molar-refractivity contribution >= 4 is 11.9 Å². The van der Waals surface area contributed by atoms with E-state index in [1.165, 1.54) is 20.2 Å². The molecule has 5 nitrogen and oxygen atoms in total. The monoisotopic (exact) mass is 263 g/mol. The van der Waals surface area contributed by atoms with Crippen molar-refractivity contribution in [2.45, 2.75) is 5.92 Å². The third kappa shape index (κ3) is 3.42. The third-order valence-corrected chi connectivity index (χ3v) is 2.91. The number of hydrogen-bond acceptors (Lipinski definition) is 3. The molecule has 2 atom stereocenters. The minimum Gasteiger partial charge on any atom is -0.481 e. The Balaban J connectivity index is 3.13. The van der Waals surface area contributed by atoms with Crippen LogP contribution in [0.3, 0.4) is 0 Å². The summed E-state index contributed by atoms with van der Waals surface area (Å²) >= 11 is 0. The largest absolute Gasteiger partial charge is 0.481 e. The Morgan fingerprint density at radius 1 is 1.37 bits per heavy atom. The number of hydroxylamine groups is 2. The molecule has 0 fully saturated rings. The highest BCUT2D eigenvalue weighted by Gasteiger charge is 2.36. The van der Waals surface area contributed by atoms with E-state index in [-0.39, 0.29) is 0 Å². The topological polar surface area (TPSA) is 66.8 Å². The van der Waals surface area contributed by atoms with Gasteiger partial charge in [-0.15, -0.1) is 6.58 Å². The van der Waals surface area contributed by atoms with Gasteiger partial charge in [-0.05, 0) is 5.56 Å². The Labute approximate surface area is 112 Å². The number of carboxylic acid groups (broad SMARTS) is 1. The number of aliphatic carboxylic acids is 1. The predicted octanol–water partition coefficient (Wildman–Crippen LogP) is 1.68. The standard InChI is InChI=1S/C14H17NO4/c1-4-11(10-8-6-5-7-9-10)12(14(17)18)13(16)15(2)19-3/h4-9,11-12H,1H2,2-3H3,(H,17,18)/t11-,12+/m0/s1. The van der Waals surface area contributed by atoms with Crippen molar-refractivity contribution in [3.8, 4) is 0 Å². The molecule has 1 N–H and O–H groups in total. The van der Waals surface area contributed by atoms with E-state index in [1.807, 2.05) is 6.07 Å². The van der Waals surface area contributed by atoms with Crippen molar-refractivity contribution in [2.24, 2.45) is 5.92 Å². The molecule has 102 valence electrons. The van der Waals surface area contributed by atoms with Crippen molar-refractivity contribution in [1.82, 2.24) is 5.06 Å². The van der Waals surface area contributed by atoms with Crippen LogP contribution >= 0.6 is 0 Å². The van der Waals surface area contributed by atoms with Gasteiger partial charge in [-0.3, -0.25) is 14.4 Å². The van der Waals surface area contributed by atoms with Crippen LogP contribution in [0.5, 0.6) is 0 Å². The van der Waals surface area contributed by atoms with Gasteiger partial charge < -0.3 is 5.11 Å². The Kier molecular flexibility index (Phi) is 5.26. The summed E-state index contributed by atoms with van der Waals surface area (Å²) in [5, 5.41) is 10.2. The number of hydrogen-bond donors (Lipinski definition) is 1. The smallest absolute Gasteiger partial charge is 0.317 e. The minimum absolute atomic E-state index is 0.608. The molecule has 5 heteroatoms. The van der Waals surface area contributed by atoms with Gasteiger partial charge in [-0.25, -0.2) is 5.06 Å². The Bertz CT molecular complexity index is 458. The van der Waals surface area contributed by atoms with Crippen molar-refractivity contribution in [1.29, 1.82) is 0 Å². The zero-order valence-corrected chi connectivity index (χ0v) is 10.9. The van der Waals surface area contributed by atoms with Crippen molar-refractivity contribution < 1.29 is 19.5 Å². The van der Waals surface area contributed by atoms with Gasteiger partial charge in [0, 0.05) is 13.0 Å². The van der Waals surface area contributed by atoms with E-state index in [0.717, 1.165) is 10.6 Å². The summed E-state index contributed by atoms with van der Waals surface area (Å²) in [6.45, 7) is 3.63. The summed E-state index contributed by atoms with van der Waals surface area (Å²) in [5.74, 6) is -3.69. The maximum absolute atomic E-state index is 12.1. The Hall–Kier alpha value is -2.14. The molecular weight excluding hydrogens is 246 g/mol. The molecule has 0 unspecified atom stereocenters. The fourth-order valence-corrected chi connectivity index (χ4v) is 1.84. The van der Waals surface area contributed by atoms with E-state index >= 15 is 0 Å². The Morgan fingerprint density at radius 3 is 2.37 bits per heavy atom. The first kappa shape index (κ1) is 14.9. The maximum Gasteiger partial charge on any atom is 0.317 e. The number of benzene rings is 1. The summed E-state index contributed by atoms with van der Waals surface area (Å²) in [7, 11) is 2.69. The second-order valence-electron chi connectivity index (χ2n) is 4.01. The number of amides is 1. The predicted molar refractivity (Wildman–Crippen MR) is 70.3 cm³/mol. The molecule has 1 aromatic carbocycles. The van der Waals surface area contributed by atoms with Gasteiger partial charge in [0.1, 0.15) is 5.92 Å². The van der Waals surface area contributed by atoms with Crippen LogP contribution in [-0.4, -0.2) is 36.2 Å². The zero-order chi connectivity index (χ0) is 14.4. The lowest BCUT2D eigenvalue weighted by Gasteiger charge is -2.24. The SMILES string of the molecule is C=C[C@@H](c1ccccc1)[C@@H](C(=O)O)C(=O)N(C)OC. The van der Waals surface area contributed by atoms with E-state index in [0.29, 0.717) is 0 Å². The molecule has 19 heavy (non-hydrogen) atoms. The molecule has 0 saturated heterocycles. The van der Waals surface area contributed by atoms with Gasteiger partial charge >= 0.3 is 5.97 Å². The van der Waals surface area contributed by atoms with Crippen LogP contribution in [0.4, 0.5) is 0 Å². The average molecular weight is 263 g/mol. The van der Waals surface area contributed by atoms with E-state index in [9.17, 15) is 14.7 Å². The van der Waals surface area contributed by atoms with Crippen LogP contribution < -0.4 is 0 Å². The quantitative estimate of drug-likeness (QED) is 0.481. The third-order valence-electron chi connectivity index (χ3n) is 2.91. The van der Waals surface area contributed by atoms with Crippen molar-refractivity contribution in [3.05, 3.63) is 48.6 Å². The van der Waals surface area contributed by atoms with Crippen LogP contribution in [0, 0.1) is 5.92 Å². The molecule has 0 saturated carbocycles. The van der Waals surface area contributed by atoms with Crippen LogP contribution in [-0.2, 0) is 14.4 Å². The molecule has 0 radical (unpaired) electrons. The number of nitrogens with zero attached hydrogens (tertiary/aromatic N) is 1. The molecule has 0 aliphatic carbocycles. The lowest BCUT2D eigenvalue weighted by atomic mass is 9.85. The molecule has 1 amide bonds. The highest BCUT2D eigenvalue weighted by atomic mass is 16.7. The average Bonchev–Trinajstić information content (AvgIpc) is 2.43. The Morgan fingerprint density at radius 2 is 1.95 bits per heavy atom. The molecule has 1 rings (SSSR count). The summed E-state index contributed by atoms with van der Waals surface area (Å²) in [4.78, 5) is 28.2. The van der Waals surface area contributed by atoms with E-state index < -0.39 is 23.7 Å². The molecule has 0 aliphatic rings. The molecule has 0 aromatic heterocycles. The van der Waals surface area contributed by atoms with Gasteiger partial charge in [0.2, 0.25) is 0 Å². The molecule has 0 bridgehead atoms. The van der Waals surface area contributed by atoms with E-state index in [4.69, 9.17) is 4.84 Å². The summed E-state index contributed by atoms with van der Waals surface area (Å²) in [5.41, 5.74) is 0.725. The number of allylic oxidation sites excluding steroid dienone is 1. The number of carbonyl (C=O) groups is 2. The molecule has 1 aromatic rings. The second kappa shape index (κ2) is 6.70.